The van der Waals surface area contributed by atoms with Gasteiger partial charge in [-0.25, -0.2) is 0 Å². The summed E-state index contributed by atoms with van der Waals surface area (Å²) in [5, 5.41) is 7.59. The number of likely N-dealkylation sites (tertiary alicyclic amines) is 1. The zero-order chi connectivity index (χ0) is 26.6. The summed E-state index contributed by atoms with van der Waals surface area (Å²) in [4.78, 5) is 27.3. The maximum Gasteiger partial charge on any atom is 0.573 e. The van der Waals surface area contributed by atoms with E-state index in [-0.39, 0.29) is 34.8 Å². The van der Waals surface area contributed by atoms with Gasteiger partial charge in [0.1, 0.15) is 0 Å². The molecule has 12 heteroatoms. The highest BCUT2D eigenvalue weighted by Gasteiger charge is 2.34. The van der Waals surface area contributed by atoms with E-state index >= 15 is 0 Å². The molecule has 2 aromatic carbocycles. The van der Waals surface area contributed by atoms with E-state index in [2.05, 4.69) is 15.2 Å². The third-order valence-corrected chi connectivity index (χ3v) is 6.47. The highest BCUT2D eigenvalue weighted by molar-refractivity contribution is 6.30. The minimum absolute atomic E-state index is 0.0747. The van der Waals surface area contributed by atoms with Crippen LogP contribution in [0.2, 0.25) is 5.02 Å². The SMILES string of the molecule is COCCn1cc2c(OC(F)(F)F)c(C(=O)NCC3CCN(C(=O)c4ccc(Cl)cc4)CC3)ccc2n1. The van der Waals surface area contributed by atoms with Crippen LogP contribution in [0.25, 0.3) is 10.9 Å². The molecule has 0 radical (unpaired) electrons. The van der Waals surface area contributed by atoms with Crippen molar-refractivity contribution in [2.24, 2.45) is 5.92 Å². The third-order valence-electron chi connectivity index (χ3n) is 6.22. The molecule has 4 rings (SSSR count). The fourth-order valence-electron chi connectivity index (χ4n) is 4.27. The Labute approximate surface area is 216 Å². The van der Waals surface area contributed by atoms with Crippen LogP contribution in [0.15, 0.2) is 42.6 Å². The molecule has 0 aliphatic carbocycles. The Morgan fingerprint density at radius 3 is 2.49 bits per heavy atom. The number of nitrogens with one attached hydrogen (secondary N) is 1. The second kappa shape index (κ2) is 11.4. The summed E-state index contributed by atoms with van der Waals surface area (Å²) in [5.74, 6) is -1.28. The normalized spacial score (nSPS) is 14.7. The first kappa shape index (κ1) is 26.7. The number of piperidine rings is 1. The molecule has 1 aliphatic rings. The van der Waals surface area contributed by atoms with E-state index in [4.69, 9.17) is 16.3 Å². The predicted octanol–water partition coefficient (Wildman–Crippen LogP) is 4.52. The second-order valence-electron chi connectivity index (χ2n) is 8.76. The molecule has 1 aliphatic heterocycles. The summed E-state index contributed by atoms with van der Waals surface area (Å²) in [5.41, 5.74) is 0.588. The van der Waals surface area contributed by atoms with Crippen molar-refractivity contribution in [2.75, 3.05) is 33.4 Å². The molecule has 1 fully saturated rings. The van der Waals surface area contributed by atoms with Gasteiger partial charge < -0.3 is 19.7 Å². The number of amides is 2. The van der Waals surface area contributed by atoms with E-state index in [0.29, 0.717) is 49.7 Å². The van der Waals surface area contributed by atoms with Gasteiger partial charge in [-0.1, -0.05) is 11.6 Å². The number of hydrogen-bond donors (Lipinski definition) is 1. The van der Waals surface area contributed by atoms with Crippen LogP contribution in [-0.2, 0) is 11.3 Å². The smallest absolute Gasteiger partial charge is 0.404 e. The molecule has 0 spiro atoms. The van der Waals surface area contributed by atoms with Crippen molar-refractivity contribution in [1.82, 2.24) is 20.0 Å². The monoisotopic (exact) mass is 538 g/mol. The van der Waals surface area contributed by atoms with Gasteiger partial charge in [-0.05, 0) is 55.2 Å². The van der Waals surface area contributed by atoms with Gasteiger partial charge >= 0.3 is 6.36 Å². The van der Waals surface area contributed by atoms with Crippen molar-refractivity contribution in [1.29, 1.82) is 0 Å². The van der Waals surface area contributed by atoms with Crippen LogP contribution in [0.3, 0.4) is 0 Å². The van der Waals surface area contributed by atoms with Gasteiger partial charge in [0.15, 0.2) is 5.75 Å². The van der Waals surface area contributed by atoms with E-state index < -0.39 is 18.0 Å². The van der Waals surface area contributed by atoms with Crippen molar-refractivity contribution < 1.29 is 32.2 Å². The quantitative estimate of drug-likeness (QED) is 0.456. The van der Waals surface area contributed by atoms with Gasteiger partial charge in [-0.15, -0.1) is 13.2 Å². The number of ether oxygens (including phenoxy) is 2. The zero-order valence-electron chi connectivity index (χ0n) is 20.1. The largest absolute Gasteiger partial charge is 0.573 e. The van der Waals surface area contributed by atoms with Crippen LogP contribution in [0.5, 0.6) is 5.75 Å². The molecule has 198 valence electrons. The highest BCUT2D eigenvalue weighted by atomic mass is 35.5. The van der Waals surface area contributed by atoms with Crippen molar-refractivity contribution in [3.8, 4) is 5.75 Å². The van der Waals surface area contributed by atoms with Crippen molar-refractivity contribution >= 4 is 34.3 Å². The first-order valence-corrected chi connectivity index (χ1v) is 12.1. The summed E-state index contributed by atoms with van der Waals surface area (Å²) in [7, 11) is 1.51. The molecular formula is C25H26ClF3N4O4. The average Bonchev–Trinajstić information content (AvgIpc) is 3.29. The lowest BCUT2D eigenvalue weighted by molar-refractivity contribution is -0.274. The number of nitrogens with zero attached hydrogens (tertiary/aromatic N) is 3. The Morgan fingerprint density at radius 2 is 1.84 bits per heavy atom. The molecule has 2 heterocycles. The van der Waals surface area contributed by atoms with Crippen LogP contribution < -0.4 is 10.1 Å². The fraction of sp³-hybridized carbons (Fsp3) is 0.400. The van der Waals surface area contributed by atoms with E-state index in [1.165, 1.54) is 30.1 Å². The van der Waals surface area contributed by atoms with Crippen molar-refractivity contribution in [2.45, 2.75) is 25.7 Å². The van der Waals surface area contributed by atoms with E-state index in [9.17, 15) is 22.8 Å². The first-order chi connectivity index (χ1) is 17.6. The minimum Gasteiger partial charge on any atom is -0.404 e. The molecule has 2 amide bonds. The summed E-state index contributed by atoms with van der Waals surface area (Å²) in [6, 6.07) is 9.44. The number of hydrogen-bond acceptors (Lipinski definition) is 5. The third kappa shape index (κ3) is 6.72. The maximum atomic E-state index is 13.2. The average molecular weight is 539 g/mol. The van der Waals surface area contributed by atoms with Crippen LogP contribution >= 0.6 is 11.6 Å². The summed E-state index contributed by atoms with van der Waals surface area (Å²) in [6.45, 7) is 1.94. The Morgan fingerprint density at radius 1 is 1.14 bits per heavy atom. The van der Waals surface area contributed by atoms with Crippen LogP contribution in [0, 0.1) is 5.92 Å². The fourth-order valence-corrected chi connectivity index (χ4v) is 4.39. The molecule has 0 atom stereocenters. The highest BCUT2D eigenvalue weighted by Crippen LogP contribution is 2.34. The Bertz CT molecular complexity index is 1260. The van der Waals surface area contributed by atoms with Crippen LogP contribution in [0.1, 0.15) is 33.6 Å². The second-order valence-corrected chi connectivity index (χ2v) is 9.20. The number of rotatable bonds is 8. The number of alkyl halides is 3. The summed E-state index contributed by atoms with van der Waals surface area (Å²) in [6.07, 6.45) is -2.28. The minimum atomic E-state index is -4.98. The Balaban J connectivity index is 1.40. The molecular weight excluding hydrogens is 513 g/mol. The van der Waals surface area contributed by atoms with Gasteiger partial charge in [-0.2, -0.15) is 5.10 Å². The molecule has 37 heavy (non-hydrogen) atoms. The number of benzene rings is 2. The van der Waals surface area contributed by atoms with Gasteiger partial charge in [0.2, 0.25) is 0 Å². The molecule has 0 saturated carbocycles. The van der Waals surface area contributed by atoms with E-state index in [1.54, 1.807) is 29.2 Å². The predicted molar refractivity (Wildman–Crippen MR) is 131 cm³/mol. The Kier molecular flexibility index (Phi) is 8.23. The number of carbonyl (C=O) groups excluding carboxylic acids is 2. The molecule has 1 saturated heterocycles. The molecule has 8 nitrogen and oxygen atoms in total. The van der Waals surface area contributed by atoms with Crippen molar-refractivity contribution in [3.63, 3.8) is 0 Å². The van der Waals surface area contributed by atoms with Crippen LogP contribution in [0.4, 0.5) is 13.2 Å². The van der Waals surface area contributed by atoms with E-state index in [1.807, 2.05) is 0 Å². The van der Waals surface area contributed by atoms with Gasteiger partial charge in [0.25, 0.3) is 11.8 Å². The van der Waals surface area contributed by atoms with Crippen molar-refractivity contribution in [3.05, 3.63) is 58.7 Å². The topological polar surface area (TPSA) is 85.7 Å². The van der Waals surface area contributed by atoms with Gasteiger partial charge in [-0.3, -0.25) is 14.3 Å². The van der Waals surface area contributed by atoms with E-state index in [0.717, 1.165) is 0 Å². The number of halogens is 4. The first-order valence-electron chi connectivity index (χ1n) is 11.7. The molecule has 3 aromatic rings. The van der Waals surface area contributed by atoms with Gasteiger partial charge in [0.05, 0.1) is 29.6 Å². The number of aromatic nitrogens is 2. The Hall–Kier alpha value is -3.31. The standard InChI is InChI=1S/C25H26ClF3N4O4/c1-36-13-12-33-15-20-21(31-33)7-6-19(22(20)37-25(27,28)29)23(34)30-14-16-8-10-32(11-9-16)24(35)17-2-4-18(26)5-3-17/h2-7,15-16H,8-14H2,1H3,(H,30,34). The molecule has 1 aromatic heterocycles. The molecule has 0 bridgehead atoms. The zero-order valence-corrected chi connectivity index (χ0v) is 20.8. The van der Waals surface area contributed by atoms with Crippen LogP contribution in [-0.4, -0.2) is 66.2 Å². The number of fused-ring (bicyclic) bond motifs is 1. The molecule has 1 N–H and O–H groups in total. The molecule has 0 unspecified atom stereocenters. The van der Waals surface area contributed by atoms with Gasteiger partial charge in [0, 0.05) is 43.5 Å². The lowest BCUT2D eigenvalue weighted by atomic mass is 9.96. The summed E-state index contributed by atoms with van der Waals surface area (Å²) >= 11 is 5.88. The number of carbonyl (C=O) groups is 2. The lowest BCUT2D eigenvalue weighted by Gasteiger charge is -2.32. The lowest BCUT2D eigenvalue weighted by Crippen LogP contribution is -2.41. The number of methoxy groups -OCH3 is 1. The summed E-state index contributed by atoms with van der Waals surface area (Å²) < 4.78 is 50.3. The maximum absolute atomic E-state index is 13.2.